The number of nitrogens with zero attached hydrogens (tertiary/aromatic N) is 1. The van der Waals surface area contributed by atoms with E-state index in [1.807, 2.05) is 36.4 Å². The fraction of sp³-hybridized carbons (Fsp3) is 0.333. The molecule has 1 aliphatic heterocycles. The highest BCUT2D eigenvalue weighted by Crippen LogP contribution is 2.47. The predicted molar refractivity (Wildman–Crippen MR) is 105 cm³/mol. The maximum Gasteiger partial charge on any atom is 0.251 e. The monoisotopic (exact) mass is 380 g/mol. The van der Waals surface area contributed by atoms with Gasteiger partial charge in [0.25, 0.3) is 5.79 Å². The standard InChI is InChI=1S/C21H20N2O3S/c24-19(9-10-20-23-15-5-1-2-6-18(15)27-20)22-14-7-8-16-17(13-14)26-21(25-16)11-3-4-12-21/h1-2,5-8,13H,3-4,9-12H2,(H,22,24). The molecule has 1 N–H and O–H groups in total. The molecule has 1 aromatic heterocycles. The molecule has 0 bridgehead atoms. The fourth-order valence-electron chi connectivity index (χ4n) is 3.76. The average molecular weight is 380 g/mol. The zero-order valence-corrected chi connectivity index (χ0v) is 15.7. The molecule has 0 radical (unpaired) electrons. The van der Waals surface area contributed by atoms with Gasteiger partial charge in [-0.1, -0.05) is 12.1 Å². The lowest BCUT2D eigenvalue weighted by atomic mass is 10.2. The molecule has 0 saturated heterocycles. The van der Waals surface area contributed by atoms with Crippen LogP contribution in [-0.4, -0.2) is 16.7 Å². The van der Waals surface area contributed by atoms with Gasteiger partial charge in [0.2, 0.25) is 5.91 Å². The third-order valence-electron chi connectivity index (χ3n) is 5.09. The molecule has 2 heterocycles. The summed E-state index contributed by atoms with van der Waals surface area (Å²) >= 11 is 1.64. The van der Waals surface area contributed by atoms with Gasteiger partial charge in [0.05, 0.1) is 15.2 Å². The number of nitrogens with one attached hydrogen (secondary N) is 1. The molecule has 3 aromatic rings. The van der Waals surface area contributed by atoms with Crippen LogP contribution in [0.25, 0.3) is 10.2 Å². The summed E-state index contributed by atoms with van der Waals surface area (Å²) < 4.78 is 13.2. The lowest BCUT2D eigenvalue weighted by Crippen LogP contribution is -2.34. The molecule has 138 valence electrons. The Labute approximate surface area is 161 Å². The number of carbonyl (C=O) groups excluding carboxylic acids is 1. The average Bonchev–Trinajstić information content (AvgIpc) is 3.37. The van der Waals surface area contributed by atoms with E-state index in [4.69, 9.17) is 9.47 Å². The highest BCUT2D eigenvalue weighted by atomic mass is 32.1. The van der Waals surface area contributed by atoms with Crippen LogP contribution in [0, 0.1) is 0 Å². The Morgan fingerprint density at radius 3 is 2.78 bits per heavy atom. The van der Waals surface area contributed by atoms with E-state index in [1.165, 1.54) is 0 Å². The first kappa shape index (κ1) is 16.6. The summed E-state index contributed by atoms with van der Waals surface area (Å²) in [6, 6.07) is 13.6. The van der Waals surface area contributed by atoms with Crippen molar-refractivity contribution in [3.8, 4) is 11.5 Å². The highest BCUT2D eigenvalue weighted by Gasteiger charge is 2.44. The van der Waals surface area contributed by atoms with Crippen LogP contribution in [0.1, 0.15) is 37.1 Å². The summed E-state index contributed by atoms with van der Waals surface area (Å²) in [5.74, 6) is 0.992. The van der Waals surface area contributed by atoms with Crippen molar-refractivity contribution in [1.29, 1.82) is 0 Å². The van der Waals surface area contributed by atoms with E-state index in [2.05, 4.69) is 16.4 Å². The number of aryl methyl sites for hydroxylation is 1. The number of fused-ring (bicyclic) bond motifs is 2. The molecular weight excluding hydrogens is 360 g/mol. The Kier molecular flexibility index (Phi) is 4.01. The van der Waals surface area contributed by atoms with Crippen LogP contribution in [0.15, 0.2) is 42.5 Å². The molecule has 1 saturated carbocycles. The van der Waals surface area contributed by atoms with Crippen molar-refractivity contribution < 1.29 is 14.3 Å². The number of amides is 1. The van der Waals surface area contributed by atoms with Crippen LogP contribution in [0.5, 0.6) is 11.5 Å². The van der Waals surface area contributed by atoms with Gasteiger partial charge in [-0.2, -0.15) is 0 Å². The molecule has 2 aliphatic rings. The molecule has 5 nitrogen and oxygen atoms in total. The van der Waals surface area contributed by atoms with E-state index < -0.39 is 5.79 Å². The van der Waals surface area contributed by atoms with Crippen molar-refractivity contribution in [2.75, 3.05) is 5.32 Å². The van der Waals surface area contributed by atoms with Crippen LogP contribution in [0.3, 0.4) is 0 Å². The number of aromatic nitrogens is 1. The molecule has 1 aliphatic carbocycles. The molecule has 27 heavy (non-hydrogen) atoms. The van der Waals surface area contributed by atoms with Gasteiger partial charge < -0.3 is 14.8 Å². The Morgan fingerprint density at radius 2 is 1.93 bits per heavy atom. The maximum absolute atomic E-state index is 12.3. The van der Waals surface area contributed by atoms with Gasteiger partial charge in [0.15, 0.2) is 11.5 Å². The molecule has 2 aromatic carbocycles. The minimum Gasteiger partial charge on any atom is -0.448 e. The molecule has 1 fully saturated rings. The van der Waals surface area contributed by atoms with Gasteiger partial charge in [0, 0.05) is 37.4 Å². The Hall–Kier alpha value is -2.60. The van der Waals surface area contributed by atoms with Crippen LogP contribution in [-0.2, 0) is 11.2 Å². The molecule has 6 heteroatoms. The van der Waals surface area contributed by atoms with Crippen molar-refractivity contribution in [3.05, 3.63) is 47.5 Å². The molecular formula is C21H20N2O3S. The lowest BCUT2D eigenvalue weighted by molar-refractivity contribution is -0.116. The normalized spacial score (nSPS) is 16.9. The number of thiazole rings is 1. The predicted octanol–water partition coefficient (Wildman–Crippen LogP) is 4.91. The number of benzene rings is 2. The van der Waals surface area contributed by atoms with Gasteiger partial charge in [-0.15, -0.1) is 11.3 Å². The Balaban J connectivity index is 1.21. The zero-order chi connectivity index (χ0) is 18.3. The van der Waals surface area contributed by atoms with Crippen molar-refractivity contribution >= 4 is 33.1 Å². The molecule has 0 atom stereocenters. The summed E-state index contributed by atoms with van der Waals surface area (Å²) in [7, 11) is 0. The second kappa shape index (κ2) is 6.53. The number of hydrogen-bond donors (Lipinski definition) is 1. The first-order valence-electron chi connectivity index (χ1n) is 9.36. The van der Waals surface area contributed by atoms with Crippen LogP contribution in [0.2, 0.25) is 0 Å². The summed E-state index contributed by atoms with van der Waals surface area (Å²) in [6.07, 6.45) is 5.14. The third-order valence-corrected chi connectivity index (χ3v) is 6.19. The van der Waals surface area contributed by atoms with Crippen LogP contribution >= 0.6 is 11.3 Å². The van der Waals surface area contributed by atoms with Crippen molar-refractivity contribution in [2.45, 2.75) is 44.3 Å². The molecule has 0 unspecified atom stereocenters. The maximum atomic E-state index is 12.3. The number of ether oxygens (including phenoxy) is 2. The molecule has 1 amide bonds. The molecule has 5 rings (SSSR count). The van der Waals surface area contributed by atoms with E-state index in [9.17, 15) is 4.79 Å². The minimum absolute atomic E-state index is 0.0244. The van der Waals surface area contributed by atoms with Gasteiger partial charge in [-0.25, -0.2) is 4.98 Å². The van der Waals surface area contributed by atoms with E-state index in [-0.39, 0.29) is 5.91 Å². The Bertz CT molecular complexity index is 975. The second-order valence-corrected chi connectivity index (χ2v) is 8.22. The number of carbonyl (C=O) groups is 1. The van der Waals surface area contributed by atoms with Crippen LogP contribution < -0.4 is 14.8 Å². The number of para-hydroxylation sites is 1. The van der Waals surface area contributed by atoms with E-state index in [0.29, 0.717) is 12.8 Å². The molecule has 1 spiro atoms. The van der Waals surface area contributed by atoms with Crippen molar-refractivity contribution in [3.63, 3.8) is 0 Å². The minimum atomic E-state index is -0.474. The second-order valence-electron chi connectivity index (χ2n) is 7.11. The van der Waals surface area contributed by atoms with E-state index >= 15 is 0 Å². The smallest absolute Gasteiger partial charge is 0.251 e. The van der Waals surface area contributed by atoms with Gasteiger partial charge in [-0.3, -0.25) is 4.79 Å². The van der Waals surface area contributed by atoms with E-state index in [1.54, 1.807) is 11.3 Å². The quantitative estimate of drug-likeness (QED) is 0.699. The summed E-state index contributed by atoms with van der Waals surface area (Å²) in [6.45, 7) is 0. The van der Waals surface area contributed by atoms with Crippen LogP contribution in [0.4, 0.5) is 5.69 Å². The zero-order valence-electron chi connectivity index (χ0n) is 14.9. The van der Waals surface area contributed by atoms with E-state index in [0.717, 1.165) is 58.1 Å². The first-order chi connectivity index (χ1) is 13.2. The lowest BCUT2D eigenvalue weighted by Gasteiger charge is -2.21. The van der Waals surface area contributed by atoms with Crippen molar-refractivity contribution in [2.24, 2.45) is 0 Å². The summed E-state index contributed by atoms with van der Waals surface area (Å²) in [4.78, 5) is 16.9. The highest BCUT2D eigenvalue weighted by molar-refractivity contribution is 7.18. The Morgan fingerprint density at radius 1 is 1.11 bits per heavy atom. The van der Waals surface area contributed by atoms with Crippen molar-refractivity contribution in [1.82, 2.24) is 4.98 Å². The number of anilines is 1. The number of rotatable bonds is 4. The largest absolute Gasteiger partial charge is 0.448 e. The van der Waals surface area contributed by atoms with Gasteiger partial charge in [0.1, 0.15) is 0 Å². The number of hydrogen-bond acceptors (Lipinski definition) is 5. The first-order valence-corrected chi connectivity index (χ1v) is 10.2. The summed E-state index contributed by atoms with van der Waals surface area (Å²) in [5.41, 5.74) is 1.73. The van der Waals surface area contributed by atoms with Gasteiger partial charge >= 0.3 is 0 Å². The topological polar surface area (TPSA) is 60.5 Å². The summed E-state index contributed by atoms with van der Waals surface area (Å²) in [5, 5.41) is 3.94. The SMILES string of the molecule is O=C(CCc1nc2ccccc2s1)Nc1ccc2c(c1)OC1(CCCC1)O2. The third kappa shape index (κ3) is 3.25. The van der Waals surface area contributed by atoms with Gasteiger partial charge in [-0.05, 0) is 37.1 Å². The fourth-order valence-corrected chi connectivity index (χ4v) is 4.73.